The molecule has 6 nitrogen and oxygen atoms in total. The van der Waals surface area contributed by atoms with Gasteiger partial charge < -0.3 is 14.4 Å². The highest BCUT2D eigenvalue weighted by atomic mass is 16.5. The van der Waals surface area contributed by atoms with Gasteiger partial charge in [-0.1, -0.05) is 18.2 Å². The molecule has 0 aliphatic carbocycles. The molecule has 0 atom stereocenters. The predicted octanol–water partition coefficient (Wildman–Crippen LogP) is 2.41. The maximum atomic E-state index is 12.6. The van der Waals surface area contributed by atoms with Crippen molar-refractivity contribution in [3.05, 3.63) is 47.9 Å². The fourth-order valence-corrected chi connectivity index (χ4v) is 3.02. The molecule has 25 heavy (non-hydrogen) atoms. The zero-order valence-corrected chi connectivity index (χ0v) is 14.6. The van der Waals surface area contributed by atoms with Crippen LogP contribution >= 0.6 is 0 Å². The summed E-state index contributed by atoms with van der Waals surface area (Å²) in [6.45, 7) is 3.23. The number of carbonyl (C=O) groups is 1. The van der Waals surface area contributed by atoms with E-state index in [1.807, 2.05) is 36.1 Å². The van der Waals surface area contributed by atoms with Crippen LogP contribution in [-0.4, -0.2) is 47.1 Å². The average molecular weight is 341 g/mol. The number of hydrogen-bond acceptors (Lipinski definition) is 5. The van der Waals surface area contributed by atoms with E-state index in [4.69, 9.17) is 9.47 Å². The number of likely N-dealkylation sites (tertiary alicyclic amines) is 1. The summed E-state index contributed by atoms with van der Waals surface area (Å²) in [6.07, 6.45) is 3.76. The first-order chi connectivity index (χ1) is 12.2. The second kappa shape index (κ2) is 7.96. The first kappa shape index (κ1) is 17.2. The van der Waals surface area contributed by atoms with Crippen LogP contribution in [0.2, 0.25) is 0 Å². The Balaban J connectivity index is 1.52. The minimum atomic E-state index is 0.0876. The van der Waals surface area contributed by atoms with Crippen LogP contribution in [0.1, 0.15) is 24.2 Å². The molecule has 0 saturated carbocycles. The zero-order chi connectivity index (χ0) is 17.6. The van der Waals surface area contributed by atoms with E-state index in [2.05, 4.69) is 9.97 Å². The van der Waals surface area contributed by atoms with Gasteiger partial charge >= 0.3 is 0 Å². The molecular weight excluding hydrogens is 318 g/mol. The molecule has 2 heterocycles. The molecule has 1 aromatic heterocycles. The molecule has 0 radical (unpaired) electrons. The van der Waals surface area contributed by atoms with Crippen molar-refractivity contribution in [3.8, 4) is 11.6 Å². The number of nitrogens with zero attached hydrogens (tertiary/aromatic N) is 3. The highest BCUT2D eigenvalue weighted by Gasteiger charge is 2.24. The highest BCUT2D eigenvalue weighted by Crippen LogP contribution is 2.21. The van der Waals surface area contributed by atoms with Gasteiger partial charge in [-0.25, -0.2) is 4.98 Å². The molecule has 1 saturated heterocycles. The summed E-state index contributed by atoms with van der Waals surface area (Å²) in [6, 6.07) is 9.42. The Morgan fingerprint density at radius 3 is 2.72 bits per heavy atom. The monoisotopic (exact) mass is 341 g/mol. The molecule has 132 valence electrons. The predicted molar refractivity (Wildman–Crippen MR) is 93.7 cm³/mol. The number of hydrogen-bond donors (Lipinski definition) is 0. The minimum absolute atomic E-state index is 0.0876. The van der Waals surface area contributed by atoms with Gasteiger partial charge in [-0.2, -0.15) is 4.98 Å². The van der Waals surface area contributed by atoms with Crippen LogP contribution in [0.3, 0.4) is 0 Å². The van der Waals surface area contributed by atoms with E-state index in [-0.39, 0.29) is 12.0 Å². The standard InChI is InChI=1S/C19H23N3O3/c1-14-20-10-7-18(21-14)25-16-8-11-22(12-9-16)19(23)13-15-5-3-4-6-17(15)24-2/h3-7,10,16H,8-9,11-13H2,1-2H3. The normalized spacial score (nSPS) is 15.0. The summed E-state index contributed by atoms with van der Waals surface area (Å²) in [5.74, 6) is 2.18. The summed E-state index contributed by atoms with van der Waals surface area (Å²) < 4.78 is 11.2. The third-order valence-corrected chi connectivity index (χ3v) is 4.37. The van der Waals surface area contributed by atoms with Crippen molar-refractivity contribution in [2.24, 2.45) is 0 Å². The summed E-state index contributed by atoms with van der Waals surface area (Å²) in [5.41, 5.74) is 0.921. The Bertz CT molecular complexity index is 727. The van der Waals surface area contributed by atoms with Crippen LogP contribution in [0.25, 0.3) is 0 Å². The number of ether oxygens (including phenoxy) is 2. The topological polar surface area (TPSA) is 64.5 Å². The zero-order valence-electron chi connectivity index (χ0n) is 14.6. The van der Waals surface area contributed by atoms with Crippen molar-refractivity contribution in [1.82, 2.24) is 14.9 Å². The molecule has 1 fully saturated rings. The summed E-state index contributed by atoms with van der Waals surface area (Å²) in [7, 11) is 1.63. The van der Waals surface area contributed by atoms with Crippen molar-refractivity contribution in [3.63, 3.8) is 0 Å². The molecule has 1 amide bonds. The molecular formula is C19H23N3O3. The molecule has 0 spiro atoms. The number of aryl methyl sites for hydroxylation is 1. The van der Waals surface area contributed by atoms with E-state index in [0.717, 1.165) is 24.2 Å². The Morgan fingerprint density at radius 2 is 2.00 bits per heavy atom. The number of benzene rings is 1. The fraction of sp³-hybridized carbons (Fsp3) is 0.421. The van der Waals surface area contributed by atoms with E-state index in [1.165, 1.54) is 0 Å². The molecule has 1 aliphatic heterocycles. The molecule has 6 heteroatoms. The van der Waals surface area contributed by atoms with Gasteiger partial charge in [0.1, 0.15) is 17.7 Å². The van der Waals surface area contributed by atoms with Crippen molar-refractivity contribution >= 4 is 5.91 Å². The summed E-state index contributed by atoms with van der Waals surface area (Å²) in [4.78, 5) is 22.8. The van der Waals surface area contributed by atoms with Gasteiger partial charge in [0.25, 0.3) is 0 Å². The molecule has 0 N–H and O–H groups in total. The number of aromatic nitrogens is 2. The molecule has 1 aliphatic rings. The van der Waals surface area contributed by atoms with Crippen LogP contribution in [-0.2, 0) is 11.2 Å². The quantitative estimate of drug-likeness (QED) is 0.836. The number of piperidine rings is 1. The number of carbonyl (C=O) groups excluding carboxylic acids is 1. The van der Waals surface area contributed by atoms with Crippen molar-refractivity contribution in [1.29, 1.82) is 0 Å². The lowest BCUT2D eigenvalue weighted by molar-refractivity contribution is -0.132. The van der Waals surface area contributed by atoms with E-state index >= 15 is 0 Å². The van der Waals surface area contributed by atoms with Crippen LogP contribution in [0, 0.1) is 6.92 Å². The summed E-state index contributed by atoms with van der Waals surface area (Å²) >= 11 is 0. The lowest BCUT2D eigenvalue weighted by Crippen LogP contribution is -2.42. The second-order valence-corrected chi connectivity index (χ2v) is 6.13. The third-order valence-electron chi connectivity index (χ3n) is 4.37. The Morgan fingerprint density at radius 1 is 1.24 bits per heavy atom. The number of methoxy groups -OCH3 is 1. The first-order valence-corrected chi connectivity index (χ1v) is 8.51. The van der Waals surface area contributed by atoms with Crippen LogP contribution in [0.15, 0.2) is 36.5 Å². The van der Waals surface area contributed by atoms with E-state index < -0.39 is 0 Å². The maximum Gasteiger partial charge on any atom is 0.227 e. The van der Waals surface area contributed by atoms with Gasteiger partial charge in [-0.05, 0) is 13.0 Å². The minimum Gasteiger partial charge on any atom is -0.496 e. The SMILES string of the molecule is COc1ccccc1CC(=O)N1CCC(Oc2ccnc(C)n2)CC1. The molecule has 0 unspecified atom stereocenters. The second-order valence-electron chi connectivity index (χ2n) is 6.13. The van der Waals surface area contributed by atoms with Gasteiger partial charge in [0.05, 0.1) is 13.5 Å². The summed E-state index contributed by atoms with van der Waals surface area (Å²) in [5, 5.41) is 0. The molecule has 2 aromatic rings. The smallest absolute Gasteiger partial charge is 0.227 e. The average Bonchev–Trinajstić information content (AvgIpc) is 2.63. The lowest BCUT2D eigenvalue weighted by atomic mass is 10.1. The van der Waals surface area contributed by atoms with Crippen LogP contribution in [0.5, 0.6) is 11.6 Å². The van der Waals surface area contributed by atoms with E-state index in [0.29, 0.717) is 31.2 Å². The Hall–Kier alpha value is -2.63. The van der Waals surface area contributed by atoms with Gasteiger partial charge in [-0.3, -0.25) is 4.79 Å². The van der Waals surface area contributed by atoms with E-state index in [1.54, 1.807) is 19.4 Å². The van der Waals surface area contributed by atoms with Crippen LogP contribution < -0.4 is 9.47 Å². The number of para-hydroxylation sites is 1. The Kier molecular flexibility index (Phi) is 5.48. The van der Waals surface area contributed by atoms with Crippen molar-refractivity contribution in [2.45, 2.75) is 32.3 Å². The molecule has 0 bridgehead atoms. The first-order valence-electron chi connectivity index (χ1n) is 8.51. The maximum absolute atomic E-state index is 12.6. The largest absolute Gasteiger partial charge is 0.496 e. The van der Waals surface area contributed by atoms with Gasteiger partial charge in [-0.15, -0.1) is 0 Å². The fourth-order valence-electron chi connectivity index (χ4n) is 3.02. The molecule has 3 rings (SSSR count). The third kappa shape index (κ3) is 4.47. The van der Waals surface area contributed by atoms with Gasteiger partial charge in [0.15, 0.2) is 0 Å². The van der Waals surface area contributed by atoms with Gasteiger partial charge in [0, 0.05) is 43.8 Å². The van der Waals surface area contributed by atoms with Crippen molar-refractivity contribution in [2.75, 3.05) is 20.2 Å². The van der Waals surface area contributed by atoms with Crippen molar-refractivity contribution < 1.29 is 14.3 Å². The van der Waals surface area contributed by atoms with Gasteiger partial charge in [0.2, 0.25) is 11.8 Å². The number of amides is 1. The highest BCUT2D eigenvalue weighted by molar-refractivity contribution is 5.79. The Labute approximate surface area is 147 Å². The molecule has 1 aromatic carbocycles. The van der Waals surface area contributed by atoms with E-state index in [9.17, 15) is 4.79 Å². The van der Waals surface area contributed by atoms with Crippen LogP contribution in [0.4, 0.5) is 0 Å². The lowest BCUT2D eigenvalue weighted by Gasteiger charge is -2.32. The number of rotatable bonds is 5.